The molecule has 0 aliphatic carbocycles. The number of hydrogen-bond donors (Lipinski definition) is 0. The molecule has 0 amide bonds. The van der Waals surface area contributed by atoms with Crippen molar-refractivity contribution in [1.29, 1.82) is 0 Å². The van der Waals surface area contributed by atoms with Gasteiger partial charge in [-0.1, -0.05) is 6.82 Å². The molecule has 18 heavy (non-hydrogen) atoms. The summed E-state index contributed by atoms with van der Waals surface area (Å²) in [6, 6.07) is 0. The molecule has 0 atom stereocenters. The Bertz CT molecular complexity index is 382. The van der Waals surface area contributed by atoms with Crippen LogP contribution in [-0.2, 0) is 0 Å². The van der Waals surface area contributed by atoms with Crippen LogP contribution in [0.2, 0.25) is 6.82 Å². The predicted octanol–water partition coefficient (Wildman–Crippen LogP) is 1.57. The second-order valence-corrected chi connectivity index (χ2v) is 5.60. The maximum absolute atomic E-state index is 2.34. The normalized spacial score (nSPS) is 17.0. The Hall–Kier alpha value is -1.10. The zero-order valence-electron chi connectivity index (χ0n) is 13.4. The first-order chi connectivity index (χ1) is 8.20. The van der Waals surface area contributed by atoms with E-state index in [1.54, 1.807) is 0 Å². The van der Waals surface area contributed by atoms with Crippen molar-refractivity contribution >= 4 is 6.85 Å². The van der Waals surface area contributed by atoms with E-state index in [9.17, 15) is 0 Å². The highest BCUT2D eigenvalue weighted by atomic mass is 15.6. The minimum absolute atomic E-state index is 0.360. The highest BCUT2D eigenvalue weighted by Gasteiger charge is 2.34. The molecule has 0 unspecified atom stereocenters. The zero-order chi connectivity index (χ0) is 14.2. The highest BCUT2D eigenvalue weighted by molar-refractivity contribution is 6.63. The van der Waals surface area contributed by atoms with Crippen LogP contribution in [0.15, 0.2) is 22.6 Å². The van der Waals surface area contributed by atoms with Gasteiger partial charge in [-0.3, -0.25) is 0 Å². The van der Waals surface area contributed by atoms with Crippen LogP contribution in [0.25, 0.3) is 0 Å². The van der Waals surface area contributed by atoms with Crippen LogP contribution in [0.5, 0.6) is 0 Å². The molecular formula is C13H27BN4. The van der Waals surface area contributed by atoms with Gasteiger partial charge in [0, 0.05) is 53.6 Å². The van der Waals surface area contributed by atoms with Crippen molar-refractivity contribution in [3.63, 3.8) is 0 Å². The molecule has 0 radical (unpaired) electrons. The first-order valence-electron chi connectivity index (χ1n) is 6.43. The van der Waals surface area contributed by atoms with Gasteiger partial charge in [0.2, 0.25) is 0 Å². The summed E-state index contributed by atoms with van der Waals surface area (Å²) in [6.45, 7) is 7.03. The van der Waals surface area contributed by atoms with Crippen LogP contribution < -0.4 is 0 Å². The molecule has 4 nitrogen and oxygen atoms in total. The van der Waals surface area contributed by atoms with Gasteiger partial charge in [0.25, 0.3) is 0 Å². The van der Waals surface area contributed by atoms with Crippen molar-refractivity contribution in [3.05, 3.63) is 22.6 Å². The van der Waals surface area contributed by atoms with Gasteiger partial charge >= 0.3 is 6.85 Å². The van der Waals surface area contributed by atoms with Crippen LogP contribution in [0.3, 0.4) is 0 Å². The van der Waals surface area contributed by atoms with Crippen LogP contribution >= 0.6 is 0 Å². The average Bonchev–Trinajstić information content (AvgIpc) is 2.14. The topological polar surface area (TPSA) is 13.0 Å². The van der Waals surface area contributed by atoms with Crippen molar-refractivity contribution < 1.29 is 0 Å². The molecule has 0 saturated carbocycles. The molecule has 0 aromatic heterocycles. The molecule has 0 N–H and O–H groups in total. The van der Waals surface area contributed by atoms with Crippen LogP contribution in [-0.4, -0.2) is 68.9 Å². The third kappa shape index (κ3) is 2.37. The Kier molecular flexibility index (Phi) is 4.38. The standard InChI is InChI=1S/C13H27BN4/c1-10-12(15(4)5)11(2)18(17(8)9)14(3)13(10)16(6)7/h1-9H3. The summed E-state index contributed by atoms with van der Waals surface area (Å²) in [7, 11) is 12.7. The summed E-state index contributed by atoms with van der Waals surface area (Å²) >= 11 is 0. The number of allylic oxidation sites excluding steroid dienone is 2. The van der Waals surface area contributed by atoms with E-state index in [4.69, 9.17) is 0 Å². The molecule has 1 heterocycles. The fourth-order valence-electron chi connectivity index (χ4n) is 3.24. The Morgan fingerprint density at radius 1 is 0.889 bits per heavy atom. The van der Waals surface area contributed by atoms with Gasteiger partial charge in [0.1, 0.15) is 0 Å². The van der Waals surface area contributed by atoms with E-state index < -0.39 is 0 Å². The smallest absolute Gasteiger partial charge is 0.320 e. The second-order valence-electron chi connectivity index (χ2n) is 5.60. The first kappa shape index (κ1) is 15.0. The summed E-state index contributed by atoms with van der Waals surface area (Å²) in [6.07, 6.45) is 0. The maximum Gasteiger partial charge on any atom is 0.320 e. The number of likely N-dealkylation sites (N-methyl/N-ethyl adjacent to an activating group) is 1. The Labute approximate surface area is 113 Å². The molecule has 5 heteroatoms. The third-order valence-electron chi connectivity index (χ3n) is 3.55. The summed E-state index contributed by atoms with van der Waals surface area (Å²) < 4.78 is 0. The van der Waals surface area contributed by atoms with Gasteiger partial charge in [-0.15, -0.1) is 0 Å². The van der Waals surface area contributed by atoms with Crippen molar-refractivity contribution in [2.24, 2.45) is 0 Å². The maximum atomic E-state index is 2.34. The minimum Gasteiger partial charge on any atom is -0.386 e. The number of hydrazine groups is 1. The largest absolute Gasteiger partial charge is 0.386 e. The van der Waals surface area contributed by atoms with Crippen molar-refractivity contribution in [2.45, 2.75) is 20.7 Å². The molecule has 0 saturated heterocycles. The number of hydrogen-bond acceptors (Lipinski definition) is 4. The third-order valence-corrected chi connectivity index (χ3v) is 3.55. The van der Waals surface area contributed by atoms with Crippen LogP contribution in [0.4, 0.5) is 0 Å². The van der Waals surface area contributed by atoms with E-state index in [-0.39, 0.29) is 0 Å². The molecule has 102 valence electrons. The lowest BCUT2D eigenvalue weighted by molar-refractivity contribution is 0.155. The van der Waals surface area contributed by atoms with E-state index in [2.05, 4.69) is 82.7 Å². The van der Waals surface area contributed by atoms with Crippen molar-refractivity contribution in [3.8, 4) is 0 Å². The van der Waals surface area contributed by atoms with Crippen molar-refractivity contribution in [2.75, 3.05) is 42.3 Å². The quantitative estimate of drug-likeness (QED) is 0.705. The molecule has 0 fully saturated rings. The van der Waals surface area contributed by atoms with E-state index in [1.807, 2.05) is 0 Å². The molecule has 0 spiro atoms. The van der Waals surface area contributed by atoms with E-state index in [1.165, 1.54) is 22.6 Å². The number of rotatable bonds is 3. The van der Waals surface area contributed by atoms with Gasteiger partial charge in [0.05, 0.1) is 5.70 Å². The monoisotopic (exact) mass is 250 g/mol. The van der Waals surface area contributed by atoms with Crippen LogP contribution in [0.1, 0.15) is 13.8 Å². The van der Waals surface area contributed by atoms with Gasteiger partial charge in [0.15, 0.2) is 0 Å². The van der Waals surface area contributed by atoms with Crippen molar-refractivity contribution in [1.82, 2.24) is 19.7 Å². The first-order valence-corrected chi connectivity index (χ1v) is 6.43. The summed E-state index contributed by atoms with van der Waals surface area (Å²) in [5.74, 6) is 0. The fourth-order valence-corrected chi connectivity index (χ4v) is 3.24. The zero-order valence-corrected chi connectivity index (χ0v) is 13.4. The Morgan fingerprint density at radius 2 is 1.39 bits per heavy atom. The van der Waals surface area contributed by atoms with E-state index in [0.29, 0.717) is 6.85 Å². The van der Waals surface area contributed by atoms with E-state index in [0.717, 1.165) is 0 Å². The molecule has 1 rings (SSSR count). The molecule has 0 bridgehead atoms. The fraction of sp³-hybridized carbons (Fsp3) is 0.692. The summed E-state index contributed by atoms with van der Waals surface area (Å²) in [5.41, 5.74) is 5.36. The minimum atomic E-state index is 0.360. The highest BCUT2D eigenvalue weighted by Crippen LogP contribution is 2.32. The molecule has 1 aliphatic heterocycles. The molecule has 0 aromatic rings. The lowest BCUT2D eigenvalue weighted by atomic mass is 9.56. The lowest BCUT2D eigenvalue weighted by Crippen LogP contribution is -2.52. The van der Waals surface area contributed by atoms with Gasteiger partial charge in [-0.2, -0.15) is 0 Å². The summed E-state index contributed by atoms with van der Waals surface area (Å²) in [5, 5.41) is 2.17. The molecule has 0 aromatic carbocycles. The Balaban J connectivity index is 3.44. The summed E-state index contributed by atoms with van der Waals surface area (Å²) in [4.78, 5) is 6.78. The second kappa shape index (κ2) is 5.27. The molecular weight excluding hydrogens is 223 g/mol. The number of nitrogens with zero attached hydrogens (tertiary/aromatic N) is 4. The SMILES string of the molecule is CB1C(N(C)C)=C(C)C(N(C)C)=C(C)N1N(C)C. The van der Waals surface area contributed by atoms with Crippen LogP contribution in [0, 0.1) is 0 Å². The Morgan fingerprint density at radius 3 is 1.72 bits per heavy atom. The average molecular weight is 250 g/mol. The van der Waals surface area contributed by atoms with E-state index >= 15 is 0 Å². The van der Waals surface area contributed by atoms with Gasteiger partial charge < -0.3 is 14.7 Å². The van der Waals surface area contributed by atoms with Gasteiger partial charge in [-0.05, 0) is 19.4 Å². The van der Waals surface area contributed by atoms with Gasteiger partial charge in [-0.25, -0.2) is 5.01 Å². The molecule has 1 aliphatic rings. The predicted molar refractivity (Wildman–Crippen MR) is 79.9 cm³/mol. The lowest BCUT2D eigenvalue weighted by Gasteiger charge is -2.44.